The zero-order valence-electron chi connectivity index (χ0n) is 13.9. The maximum absolute atomic E-state index is 11.9. The number of aromatic hydroxyl groups is 1. The minimum atomic E-state index is -0.409. The first-order valence-corrected chi connectivity index (χ1v) is 8.88. The third-order valence-corrected chi connectivity index (χ3v) is 4.32. The smallest absolute Gasteiger partial charge is 0.240 e. The molecule has 0 fully saturated rings. The van der Waals surface area contributed by atoms with Crippen LogP contribution in [0.15, 0.2) is 46.0 Å². The number of hydrazone groups is 1. The summed E-state index contributed by atoms with van der Waals surface area (Å²) in [6.07, 6.45) is 1.31. The molecule has 8 heteroatoms. The second-order valence-electron chi connectivity index (χ2n) is 5.51. The largest absolute Gasteiger partial charge is 0.507 e. The first kappa shape index (κ1) is 19.9. The van der Waals surface area contributed by atoms with Crippen molar-refractivity contribution in [3.8, 4) is 5.75 Å². The number of amides is 2. The van der Waals surface area contributed by atoms with Gasteiger partial charge in [-0.05, 0) is 42.8 Å². The van der Waals surface area contributed by atoms with E-state index in [4.69, 9.17) is 11.6 Å². The fourth-order valence-electron chi connectivity index (χ4n) is 1.98. The van der Waals surface area contributed by atoms with Crippen LogP contribution in [0.25, 0.3) is 0 Å². The van der Waals surface area contributed by atoms with Crippen molar-refractivity contribution in [1.82, 2.24) is 5.43 Å². The van der Waals surface area contributed by atoms with Crippen molar-refractivity contribution in [3.05, 3.63) is 57.0 Å². The minimum absolute atomic E-state index is 0.00891. The Morgan fingerprint density at radius 2 is 1.92 bits per heavy atom. The lowest BCUT2D eigenvalue weighted by atomic mass is 10.2. The average Bonchev–Trinajstić information content (AvgIpc) is 2.59. The van der Waals surface area contributed by atoms with Crippen molar-refractivity contribution in [3.63, 3.8) is 0 Å². The molecule has 2 amide bonds. The Kier molecular flexibility index (Phi) is 7.17. The van der Waals surface area contributed by atoms with Crippen molar-refractivity contribution in [2.24, 2.45) is 5.10 Å². The van der Waals surface area contributed by atoms with Gasteiger partial charge >= 0.3 is 0 Å². The fourth-order valence-corrected chi connectivity index (χ4v) is 2.54. The Morgan fingerprint density at radius 3 is 2.65 bits per heavy atom. The van der Waals surface area contributed by atoms with Crippen molar-refractivity contribution in [2.45, 2.75) is 19.8 Å². The molecule has 0 radical (unpaired) electrons. The maximum Gasteiger partial charge on any atom is 0.240 e. The van der Waals surface area contributed by atoms with Crippen molar-refractivity contribution < 1.29 is 14.7 Å². The summed E-state index contributed by atoms with van der Waals surface area (Å²) >= 11 is 9.28. The summed E-state index contributed by atoms with van der Waals surface area (Å²) < 4.78 is 0.774. The number of hydrogen-bond donors (Lipinski definition) is 3. The van der Waals surface area contributed by atoms with Crippen LogP contribution >= 0.6 is 27.5 Å². The molecule has 3 N–H and O–H groups in total. The molecular formula is C18H17BrClN3O3. The Labute approximate surface area is 164 Å². The number of phenolic OH excluding ortho intramolecular Hbond substituents is 1. The Balaban J connectivity index is 1.79. The Hall–Kier alpha value is -2.38. The standard InChI is InChI=1S/C18H17BrClN3O3/c1-11-2-4-14(9-15(11)20)22-17(25)6-7-18(26)23-21-10-12-8-13(19)3-5-16(12)24/h2-5,8-10,24H,6-7H2,1H3,(H,22,25)(H,23,26)/b21-10+. The summed E-state index contributed by atoms with van der Waals surface area (Å²) in [7, 11) is 0. The molecule has 26 heavy (non-hydrogen) atoms. The second kappa shape index (κ2) is 9.35. The third-order valence-electron chi connectivity index (χ3n) is 3.42. The van der Waals surface area contributed by atoms with Gasteiger partial charge in [-0.2, -0.15) is 5.10 Å². The van der Waals surface area contributed by atoms with Gasteiger partial charge in [0, 0.05) is 33.6 Å². The van der Waals surface area contributed by atoms with Crippen LogP contribution in [-0.2, 0) is 9.59 Å². The predicted octanol–water partition coefficient (Wildman–Crippen LogP) is 3.99. The lowest BCUT2D eigenvalue weighted by molar-refractivity contribution is -0.124. The molecule has 0 aliphatic heterocycles. The van der Waals surface area contributed by atoms with Gasteiger partial charge in [0.1, 0.15) is 5.75 Å². The number of carbonyl (C=O) groups is 2. The number of phenols is 1. The van der Waals surface area contributed by atoms with Crippen LogP contribution < -0.4 is 10.7 Å². The first-order valence-electron chi connectivity index (χ1n) is 7.71. The van der Waals surface area contributed by atoms with Gasteiger partial charge < -0.3 is 10.4 Å². The molecule has 0 saturated heterocycles. The summed E-state index contributed by atoms with van der Waals surface area (Å²) in [6.45, 7) is 1.87. The van der Waals surface area contributed by atoms with Crippen LogP contribution in [0.2, 0.25) is 5.02 Å². The molecule has 0 unspecified atom stereocenters. The number of rotatable bonds is 6. The predicted molar refractivity (Wildman–Crippen MR) is 106 cm³/mol. The van der Waals surface area contributed by atoms with E-state index < -0.39 is 5.91 Å². The number of nitrogens with one attached hydrogen (secondary N) is 2. The highest BCUT2D eigenvalue weighted by Crippen LogP contribution is 2.21. The maximum atomic E-state index is 11.9. The van der Waals surface area contributed by atoms with Crippen LogP contribution in [0.1, 0.15) is 24.0 Å². The number of benzene rings is 2. The summed E-state index contributed by atoms with van der Waals surface area (Å²) in [6, 6.07) is 10.1. The Bertz CT molecular complexity index is 856. The van der Waals surface area contributed by atoms with Crippen LogP contribution in [0, 0.1) is 6.92 Å². The fraction of sp³-hybridized carbons (Fsp3) is 0.167. The van der Waals surface area contributed by atoms with Gasteiger partial charge in [-0.25, -0.2) is 5.43 Å². The first-order chi connectivity index (χ1) is 12.3. The van der Waals surface area contributed by atoms with Gasteiger partial charge in [0.25, 0.3) is 0 Å². The van der Waals surface area contributed by atoms with E-state index in [-0.39, 0.29) is 24.5 Å². The summed E-state index contributed by atoms with van der Waals surface area (Å²) in [5.74, 6) is -0.663. The van der Waals surface area contributed by atoms with Crippen LogP contribution in [0.5, 0.6) is 5.75 Å². The van der Waals surface area contributed by atoms with Crippen molar-refractivity contribution in [1.29, 1.82) is 0 Å². The van der Waals surface area contributed by atoms with Gasteiger partial charge in [-0.15, -0.1) is 0 Å². The third kappa shape index (κ3) is 6.16. The molecule has 0 aliphatic carbocycles. The van der Waals surface area contributed by atoms with Crippen molar-refractivity contribution >= 4 is 51.2 Å². The van der Waals surface area contributed by atoms with E-state index in [0.717, 1.165) is 10.0 Å². The highest BCUT2D eigenvalue weighted by Gasteiger charge is 2.08. The molecular weight excluding hydrogens is 422 g/mol. The number of halogens is 2. The molecule has 0 aliphatic rings. The molecule has 2 aromatic carbocycles. The highest BCUT2D eigenvalue weighted by molar-refractivity contribution is 9.10. The van der Waals surface area contributed by atoms with Gasteiger partial charge in [0.05, 0.1) is 6.21 Å². The lowest BCUT2D eigenvalue weighted by Gasteiger charge is -2.06. The molecule has 2 rings (SSSR count). The quantitative estimate of drug-likeness (QED) is 0.470. The Morgan fingerprint density at radius 1 is 1.19 bits per heavy atom. The highest BCUT2D eigenvalue weighted by atomic mass is 79.9. The van der Waals surface area contributed by atoms with E-state index in [1.807, 2.05) is 6.92 Å². The molecule has 0 spiro atoms. The van der Waals surface area contributed by atoms with Crippen LogP contribution in [-0.4, -0.2) is 23.1 Å². The topological polar surface area (TPSA) is 90.8 Å². The number of carbonyl (C=O) groups excluding carboxylic acids is 2. The van der Waals surface area contributed by atoms with Crippen LogP contribution in [0.3, 0.4) is 0 Å². The summed E-state index contributed by atoms with van der Waals surface area (Å²) in [5.41, 5.74) is 4.26. The monoisotopic (exact) mass is 437 g/mol. The van der Waals surface area contributed by atoms with Crippen molar-refractivity contribution in [2.75, 3.05) is 5.32 Å². The lowest BCUT2D eigenvalue weighted by Crippen LogP contribution is -2.20. The van der Waals surface area contributed by atoms with Gasteiger partial charge in [-0.3, -0.25) is 9.59 Å². The number of aryl methyl sites for hydroxylation is 1. The van der Waals surface area contributed by atoms with Crippen LogP contribution in [0.4, 0.5) is 5.69 Å². The van der Waals surface area contributed by atoms with E-state index in [2.05, 4.69) is 31.8 Å². The van der Waals surface area contributed by atoms with Gasteiger partial charge in [0.2, 0.25) is 11.8 Å². The molecule has 0 bridgehead atoms. The zero-order valence-corrected chi connectivity index (χ0v) is 16.3. The van der Waals surface area contributed by atoms with Gasteiger partial charge in [0.15, 0.2) is 0 Å². The number of nitrogens with zero attached hydrogens (tertiary/aromatic N) is 1. The van der Waals surface area contributed by atoms with E-state index in [0.29, 0.717) is 16.3 Å². The number of anilines is 1. The SMILES string of the molecule is Cc1ccc(NC(=O)CCC(=O)N/N=C/c2cc(Br)ccc2O)cc1Cl. The zero-order chi connectivity index (χ0) is 19.1. The summed E-state index contributed by atoms with van der Waals surface area (Å²) in [5, 5.41) is 16.7. The average molecular weight is 439 g/mol. The molecule has 0 atom stereocenters. The van der Waals surface area contributed by atoms with Gasteiger partial charge in [-0.1, -0.05) is 33.6 Å². The summed E-state index contributed by atoms with van der Waals surface area (Å²) in [4.78, 5) is 23.6. The molecule has 136 valence electrons. The van der Waals surface area contributed by atoms with E-state index in [9.17, 15) is 14.7 Å². The molecule has 2 aromatic rings. The second-order valence-corrected chi connectivity index (χ2v) is 6.83. The van der Waals surface area contributed by atoms with E-state index in [1.54, 1.807) is 30.3 Å². The molecule has 0 heterocycles. The molecule has 0 saturated carbocycles. The normalized spacial score (nSPS) is 10.7. The molecule has 0 aromatic heterocycles. The van der Waals surface area contributed by atoms with E-state index in [1.165, 1.54) is 12.3 Å². The molecule has 6 nitrogen and oxygen atoms in total. The van der Waals surface area contributed by atoms with E-state index >= 15 is 0 Å². The minimum Gasteiger partial charge on any atom is -0.507 e. The number of hydrogen-bond acceptors (Lipinski definition) is 4.